The first-order valence-corrected chi connectivity index (χ1v) is 4.21. The molecule has 13 heavy (non-hydrogen) atoms. The van der Waals surface area contributed by atoms with Gasteiger partial charge in [0.15, 0.2) is 0 Å². The van der Waals surface area contributed by atoms with Crippen LogP contribution in [0.15, 0.2) is 11.6 Å². The van der Waals surface area contributed by atoms with Gasteiger partial charge in [0.2, 0.25) is 0 Å². The first-order chi connectivity index (χ1) is 6.07. The number of rotatable bonds is 5. The predicted octanol–water partition coefficient (Wildman–Crippen LogP) is 2.54. The lowest BCUT2D eigenvalue weighted by atomic mass is 10.3. The Hall–Kier alpha value is -0.930. The summed E-state index contributed by atoms with van der Waals surface area (Å²) in [6.45, 7) is 3.45. The topological polar surface area (TPSA) is 26.3 Å². The molecule has 0 saturated heterocycles. The summed E-state index contributed by atoms with van der Waals surface area (Å²) in [4.78, 5) is 10.8. The Morgan fingerprint density at radius 3 is 2.62 bits per heavy atom. The number of ether oxygens (including phenoxy) is 1. The third kappa shape index (κ3) is 6.25. The summed E-state index contributed by atoms with van der Waals surface area (Å²) < 4.78 is 28.5. The van der Waals surface area contributed by atoms with Crippen LogP contribution < -0.4 is 0 Å². The summed E-state index contributed by atoms with van der Waals surface area (Å²) >= 11 is 0. The molecule has 0 aliphatic rings. The van der Waals surface area contributed by atoms with E-state index in [4.69, 9.17) is 0 Å². The average Bonchev–Trinajstić information content (AvgIpc) is 2.04. The number of alkyl halides is 2. The van der Waals surface area contributed by atoms with Gasteiger partial charge in [-0.2, -0.15) is 0 Å². The Balaban J connectivity index is 3.79. The van der Waals surface area contributed by atoms with Gasteiger partial charge in [-0.3, -0.25) is 0 Å². The van der Waals surface area contributed by atoms with Crippen LogP contribution in [-0.2, 0) is 9.53 Å². The van der Waals surface area contributed by atoms with Crippen molar-refractivity contribution in [1.29, 1.82) is 0 Å². The van der Waals surface area contributed by atoms with Gasteiger partial charge < -0.3 is 4.74 Å². The molecule has 0 saturated carbocycles. The molecule has 0 radical (unpaired) electrons. The molecule has 0 atom stereocenters. The minimum atomic E-state index is -2.58. The molecule has 0 aromatic rings. The molecular weight excluding hydrogens is 178 g/mol. The van der Waals surface area contributed by atoms with E-state index in [0.29, 0.717) is 6.61 Å². The van der Waals surface area contributed by atoms with Crippen molar-refractivity contribution in [3.05, 3.63) is 11.6 Å². The van der Waals surface area contributed by atoms with Crippen LogP contribution in [0.2, 0.25) is 0 Å². The quantitative estimate of drug-likeness (QED) is 0.380. The van der Waals surface area contributed by atoms with Crippen LogP contribution in [-0.4, -0.2) is 19.0 Å². The molecule has 0 aromatic carbocycles. The number of carbonyl (C=O) groups is 1. The Bertz CT molecular complexity index is 188. The molecule has 0 heterocycles. The Kier molecular flexibility index (Phi) is 6.10. The second-order valence-electron chi connectivity index (χ2n) is 2.71. The highest BCUT2D eigenvalue weighted by Gasteiger charge is 2.07. The Morgan fingerprint density at radius 1 is 1.54 bits per heavy atom. The van der Waals surface area contributed by atoms with Crippen molar-refractivity contribution in [2.45, 2.75) is 33.1 Å². The fourth-order valence-corrected chi connectivity index (χ4v) is 0.608. The van der Waals surface area contributed by atoms with Crippen molar-refractivity contribution in [1.82, 2.24) is 0 Å². The monoisotopic (exact) mass is 192 g/mol. The molecule has 0 unspecified atom stereocenters. The number of unbranched alkanes of at least 4 members (excludes halogenated alkanes) is 1. The highest BCUT2D eigenvalue weighted by Crippen LogP contribution is 2.06. The van der Waals surface area contributed by atoms with E-state index < -0.39 is 12.4 Å². The molecule has 0 bridgehead atoms. The fraction of sp³-hybridized carbons (Fsp3) is 0.667. The summed E-state index contributed by atoms with van der Waals surface area (Å²) in [6, 6.07) is 0. The zero-order chi connectivity index (χ0) is 10.3. The lowest BCUT2D eigenvalue weighted by Crippen LogP contribution is -2.05. The van der Waals surface area contributed by atoms with Gasteiger partial charge in [-0.1, -0.05) is 13.3 Å². The van der Waals surface area contributed by atoms with Crippen LogP contribution in [0.25, 0.3) is 0 Å². The zero-order valence-electron chi connectivity index (χ0n) is 7.85. The van der Waals surface area contributed by atoms with Crippen LogP contribution in [0.1, 0.15) is 26.7 Å². The van der Waals surface area contributed by atoms with Gasteiger partial charge in [0.05, 0.1) is 6.61 Å². The highest BCUT2D eigenvalue weighted by molar-refractivity contribution is 5.82. The third-order valence-corrected chi connectivity index (χ3v) is 1.43. The summed E-state index contributed by atoms with van der Waals surface area (Å²) in [6.07, 6.45) is -0.0860. The molecule has 0 aliphatic carbocycles. The Labute approximate surface area is 76.6 Å². The number of esters is 1. The van der Waals surface area contributed by atoms with Crippen molar-refractivity contribution in [2.75, 3.05) is 6.61 Å². The summed E-state index contributed by atoms with van der Waals surface area (Å²) in [5.41, 5.74) is -0.263. The zero-order valence-corrected chi connectivity index (χ0v) is 7.85. The lowest BCUT2D eigenvalue weighted by Gasteiger charge is -2.01. The van der Waals surface area contributed by atoms with E-state index >= 15 is 0 Å². The molecular formula is C9H14F2O2. The maximum Gasteiger partial charge on any atom is 0.330 e. The van der Waals surface area contributed by atoms with Crippen molar-refractivity contribution < 1.29 is 18.3 Å². The van der Waals surface area contributed by atoms with Crippen molar-refractivity contribution in [3.63, 3.8) is 0 Å². The van der Waals surface area contributed by atoms with Gasteiger partial charge in [-0.05, 0) is 18.9 Å². The number of allylic oxidation sites excluding steroid dienone is 1. The summed E-state index contributed by atoms with van der Waals surface area (Å²) in [5, 5.41) is 0. The number of halogens is 2. The van der Waals surface area contributed by atoms with E-state index in [1.807, 2.05) is 6.92 Å². The molecule has 0 N–H and O–H groups in total. The SMILES string of the molecule is CCCCOC(=O)/C=C(\C)C(F)F. The summed E-state index contributed by atoms with van der Waals surface area (Å²) in [5.74, 6) is -0.689. The molecule has 0 rings (SSSR count). The largest absolute Gasteiger partial charge is 0.463 e. The minimum absolute atomic E-state index is 0.263. The summed E-state index contributed by atoms with van der Waals surface area (Å²) in [7, 11) is 0. The van der Waals surface area contributed by atoms with Crippen LogP contribution in [0, 0.1) is 0 Å². The molecule has 0 aliphatic heterocycles. The van der Waals surface area contributed by atoms with Crippen molar-refractivity contribution in [2.24, 2.45) is 0 Å². The molecule has 0 amide bonds. The van der Waals surface area contributed by atoms with E-state index in [2.05, 4.69) is 4.74 Å². The number of hydrogen-bond acceptors (Lipinski definition) is 2. The Morgan fingerprint density at radius 2 is 2.15 bits per heavy atom. The standard InChI is InChI=1S/C9H14F2O2/c1-3-4-5-13-8(12)6-7(2)9(10)11/h6,9H,3-5H2,1-2H3/b7-6+. The normalized spacial score (nSPS) is 11.9. The van der Waals surface area contributed by atoms with Crippen molar-refractivity contribution >= 4 is 5.97 Å². The van der Waals surface area contributed by atoms with Crippen LogP contribution >= 0.6 is 0 Å². The number of hydrogen-bond donors (Lipinski definition) is 0. The second-order valence-corrected chi connectivity index (χ2v) is 2.71. The fourth-order valence-electron chi connectivity index (χ4n) is 0.608. The van der Waals surface area contributed by atoms with Crippen LogP contribution in [0.3, 0.4) is 0 Å². The van der Waals surface area contributed by atoms with Gasteiger partial charge in [0.1, 0.15) is 0 Å². The second kappa shape index (κ2) is 6.57. The smallest absolute Gasteiger partial charge is 0.330 e. The third-order valence-electron chi connectivity index (χ3n) is 1.43. The molecule has 0 spiro atoms. The lowest BCUT2D eigenvalue weighted by molar-refractivity contribution is -0.138. The first kappa shape index (κ1) is 12.1. The van der Waals surface area contributed by atoms with Crippen molar-refractivity contribution in [3.8, 4) is 0 Å². The van der Waals surface area contributed by atoms with E-state index in [1.54, 1.807) is 0 Å². The van der Waals surface area contributed by atoms with E-state index in [-0.39, 0.29) is 5.57 Å². The molecule has 0 fully saturated rings. The van der Waals surface area contributed by atoms with Crippen LogP contribution in [0.4, 0.5) is 8.78 Å². The molecule has 2 nitrogen and oxygen atoms in total. The van der Waals surface area contributed by atoms with E-state index in [0.717, 1.165) is 18.9 Å². The van der Waals surface area contributed by atoms with Crippen LogP contribution in [0.5, 0.6) is 0 Å². The molecule has 76 valence electrons. The molecule has 4 heteroatoms. The van der Waals surface area contributed by atoms with Gasteiger partial charge in [-0.15, -0.1) is 0 Å². The highest BCUT2D eigenvalue weighted by atomic mass is 19.3. The first-order valence-electron chi connectivity index (χ1n) is 4.21. The van der Waals surface area contributed by atoms with Gasteiger partial charge >= 0.3 is 5.97 Å². The van der Waals surface area contributed by atoms with E-state index in [1.165, 1.54) is 6.92 Å². The predicted molar refractivity (Wildman–Crippen MR) is 45.6 cm³/mol. The maximum atomic E-state index is 11.9. The number of carbonyl (C=O) groups excluding carboxylic acids is 1. The van der Waals surface area contributed by atoms with Gasteiger partial charge in [0, 0.05) is 6.08 Å². The molecule has 0 aromatic heterocycles. The van der Waals surface area contributed by atoms with Gasteiger partial charge in [0.25, 0.3) is 6.43 Å². The average molecular weight is 192 g/mol. The van der Waals surface area contributed by atoms with Gasteiger partial charge in [-0.25, -0.2) is 13.6 Å². The minimum Gasteiger partial charge on any atom is -0.463 e. The van der Waals surface area contributed by atoms with E-state index in [9.17, 15) is 13.6 Å². The maximum absolute atomic E-state index is 11.9.